The van der Waals surface area contributed by atoms with Crippen LogP contribution >= 0.6 is 0 Å². The van der Waals surface area contributed by atoms with Gasteiger partial charge in [0.05, 0.1) is 0 Å². The molecular weight excluding hydrogens is 220 g/mol. The molecule has 0 aromatic rings. The Hall–Kier alpha value is -0.0800. The molecule has 1 N–H and O–H groups in total. The van der Waals surface area contributed by atoms with Crippen LogP contribution in [0.3, 0.4) is 0 Å². The lowest BCUT2D eigenvalue weighted by molar-refractivity contribution is 0.170. The molecule has 3 rings (SSSR count). The van der Waals surface area contributed by atoms with Gasteiger partial charge in [0.1, 0.15) is 0 Å². The van der Waals surface area contributed by atoms with E-state index in [1.54, 1.807) is 0 Å². The van der Waals surface area contributed by atoms with Gasteiger partial charge in [0, 0.05) is 12.1 Å². The molecule has 4 unspecified atom stereocenters. The van der Waals surface area contributed by atoms with E-state index >= 15 is 0 Å². The van der Waals surface area contributed by atoms with Gasteiger partial charge in [-0.3, -0.25) is 0 Å². The van der Waals surface area contributed by atoms with Gasteiger partial charge < -0.3 is 10.2 Å². The zero-order chi connectivity index (χ0) is 12.4. The lowest BCUT2D eigenvalue weighted by Gasteiger charge is -2.32. The van der Waals surface area contributed by atoms with Crippen molar-refractivity contribution in [2.45, 2.75) is 69.9 Å². The molecule has 1 heterocycles. The summed E-state index contributed by atoms with van der Waals surface area (Å²) in [6, 6.07) is 1.78. The molecule has 0 amide bonds. The first-order chi connectivity index (χ1) is 8.88. The van der Waals surface area contributed by atoms with Gasteiger partial charge in [-0.1, -0.05) is 19.3 Å². The van der Waals surface area contributed by atoms with E-state index in [9.17, 15) is 0 Å². The zero-order valence-electron chi connectivity index (χ0n) is 12.0. The van der Waals surface area contributed by atoms with Gasteiger partial charge in [0.25, 0.3) is 0 Å². The first kappa shape index (κ1) is 12.9. The van der Waals surface area contributed by atoms with Gasteiger partial charge >= 0.3 is 0 Å². The topological polar surface area (TPSA) is 15.3 Å². The number of hydrogen-bond acceptors (Lipinski definition) is 2. The molecule has 2 aliphatic carbocycles. The predicted octanol–water partition coefficient (Wildman–Crippen LogP) is 3.03. The largest absolute Gasteiger partial charge is 0.317 e. The van der Waals surface area contributed by atoms with Crippen LogP contribution in [0.5, 0.6) is 0 Å². The quantitative estimate of drug-likeness (QED) is 0.825. The van der Waals surface area contributed by atoms with Crippen molar-refractivity contribution in [2.24, 2.45) is 11.8 Å². The second-order valence-corrected chi connectivity index (χ2v) is 6.81. The van der Waals surface area contributed by atoms with Gasteiger partial charge in [-0.15, -0.1) is 0 Å². The summed E-state index contributed by atoms with van der Waals surface area (Å²) in [6.07, 6.45) is 13.2. The average Bonchev–Trinajstić information content (AvgIpc) is 3.02. The van der Waals surface area contributed by atoms with E-state index in [2.05, 4.69) is 17.3 Å². The molecule has 2 nitrogen and oxygen atoms in total. The lowest BCUT2D eigenvalue weighted by atomic mass is 9.85. The highest BCUT2D eigenvalue weighted by molar-refractivity contribution is 4.91. The summed E-state index contributed by atoms with van der Waals surface area (Å²) in [5, 5.41) is 3.53. The van der Waals surface area contributed by atoms with Crippen molar-refractivity contribution in [1.29, 1.82) is 0 Å². The van der Waals surface area contributed by atoms with Crippen LogP contribution in [-0.2, 0) is 0 Å². The maximum absolute atomic E-state index is 3.53. The Kier molecular flexibility index (Phi) is 4.25. The van der Waals surface area contributed by atoms with Crippen LogP contribution in [0.4, 0.5) is 0 Å². The third kappa shape index (κ3) is 2.60. The molecule has 1 saturated heterocycles. The van der Waals surface area contributed by atoms with Crippen molar-refractivity contribution < 1.29 is 0 Å². The monoisotopic (exact) mass is 250 g/mol. The number of hydrogen-bond donors (Lipinski definition) is 1. The van der Waals surface area contributed by atoms with Crippen LogP contribution in [0.15, 0.2) is 0 Å². The second kappa shape index (κ2) is 5.92. The summed E-state index contributed by atoms with van der Waals surface area (Å²) in [5.41, 5.74) is 0. The summed E-state index contributed by atoms with van der Waals surface area (Å²) < 4.78 is 0. The summed E-state index contributed by atoms with van der Waals surface area (Å²) in [6.45, 7) is 2.77. The maximum atomic E-state index is 3.53. The van der Waals surface area contributed by atoms with Crippen molar-refractivity contribution >= 4 is 0 Å². The molecule has 1 aliphatic heterocycles. The van der Waals surface area contributed by atoms with Gasteiger partial charge in [0.2, 0.25) is 0 Å². The Labute approximate surface area is 113 Å². The van der Waals surface area contributed by atoms with Gasteiger partial charge in [0.15, 0.2) is 0 Å². The Morgan fingerprint density at radius 1 is 1.00 bits per heavy atom. The zero-order valence-corrected chi connectivity index (χ0v) is 12.0. The summed E-state index contributed by atoms with van der Waals surface area (Å²) in [7, 11) is 2.15. The molecule has 104 valence electrons. The normalized spacial score (nSPS) is 41.2. The fourth-order valence-electron chi connectivity index (χ4n) is 4.87. The molecule has 0 bridgehead atoms. The van der Waals surface area contributed by atoms with Crippen molar-refractivity contribution in [1.82, 2.24) is 10.2 Å². The standard InChI is InChI=1S/C16H30N2/c1-17-15-7-4-6-13(15)9-11-18-12-10-14-5-2-3-8-16(14)18/h13-17H,2-12H2,1H3. The summed E-state index contributed by atoms with van der Waals surface area (Å²) >= 11 is 0. The minimum atomic E-state index is 0.815. The molecule has 2 saturated carbocycles. The third-order valence-electron chi connectivity index (χ3n) is 5.94. The first-order valence-corrected chi connectivity index (χ1v) is 8.30. The average molecular weight is 250 g/mol. The van der Waals surface area contributed by atoms with Crippen molar-refractivity contribution in [2.75, 3.05) is 20.1 Å². The van der Waals surface area contributed by atoms with Crippen LogP contribution in [0.2, 0.25) is 0 Å². The molecule has 4 atom stereocenters. The number of likely N-dealkylation sites (tertiary alicyclic amines) is 1. The van der Waals surface area contributed by atoms with Crippen LogP contribution < -0.4 is 5.32 Å². The maximum Gasteiger partial charge on any atom is 0.0124 e. The minimum absolute atomic E-state index is 0.815. The van der Waals surface area contributed by atoms with Gasteiger partial charge in [-0.2, -0.15) is 0 Å². The van der Waals surface area contributed by atoms with E-state index in [4.69, 9.17) is 0 Å². The molecular formula is C16H30N2. The number of nitrogens with zero attached hydrogens (tertiary/aromatic N) is 1. The Morgan fingerprint density at radius 2 is 1.89 bits per heavy atom. The van der Waals surface area contributed by atoms with E-state index in [1.165, 1.54) is 70.9 Å². The molecule has 2 heteroatoms. The Bertz CT molecular complexity index is 266. The minimum Gasteiger partial charge on any atom is -0.317 e. The molecule has 3 aliphatic rings. The number of nitrogens with one attached hydrogen (secondary N) is 1. The van der Waals surface area contributed by atoms with E-state index in [1.807, 2.05) is 0 Å². The first-order valence-electron chi connectivity index (χ1n) is 8.30. The van der Waals surface area contributed by atoms with Crippen molar-refractivity contribution in [3.63, 3.8) is 0 Å². The van der Waals surface area contributed by atoms with E-state index in [-0.39, 0.29) is 0 Å². The molecule has 0 aromatic heterocycles. The van der Waals surface area contributed by atoms with E-state index in [0.29, 0.717) is 0 Å². The van der Waals surface area contributed by atoms with Crippen LogP contribution in [-0.4, -0.2) is 37.1 Å². The van der Waals surface area contributed by atoms with E-state index in [0.717, 1.165) is 23.9 Å². The van der Waals surface area contributed by atoms with Gasteiger partial charge in [-0.25, -0.2) is 0 Å². The highest BCUT2D eigenvalue weighted by atomic mass is 15.2. The predicted molar refractivity (Wildman–Crippen MR) is 76.7 cm³/mol. The van der Waals surface area contributed by atoms with Gasteiger partial charge in [-0.05, 0) is 70.5 Å². The van der Waals surface area contributed by atoms with Crippen LogP contribution in [0.1, 0.15) is 57.8 Å². The number of rotatable bonds is 4. The van der Waals surface area contributed by atoms with Crippen LogP contribution in [0, 0.1) is 11.8 Å². The Morgan fingerprint density at radius 3 is 2.78 bits per heavy atom. The highest BCUT2D eigenvalue weighted by Gasteiger charge is 2.36. The number of fused-ring (bicyclic) bond motifs is 1. The molecule has 0 spiro atoms. The Balaban J connectivity index is 1.48. The lowest BCUT2D eigenvalue weighted by Crippen LogP contribution is -2.37. The summed E-state index contributed by atoms with van der Waals surface area (Å²) in [4.78, 5) is 2.84. The molecule has 3 fully saturated rings. The molecule has 0 aromatic carbocycles. The van der Waals surface area contributed by atoms with Crippen molar-refractivity contribution in [3.8, 4) is 0 Å². The SMILES string of the molecule is CNC1CCCC1CCN1CCC2CCCCC21. The smallest absolute Gasteiger partial charge is 0.0124 e. The highest BCUT2D eigenvalue weighted by Crippen LogP contribution is 2.37. The summed E-state index contributed by atoms with van der Waals surface area (Å²) in [5.74, 6) is 2.01. The van der Waals surface area contributed by atoms with Crippen molar-refractivity contribution in [3.05, 3.63) is 0 Å². The fourth-order valence-corrected chi connectivity index (χ4v) is 4.87. The van der Waals surface area contributed by atoms with Crippen LogP contribution in [0.25, 0.3) is 0 Å². The second-order valence-electron chi connectivity index (χ2n) is 6.81. The third-order valence-corrected chi connectivity index (χ3v) is 5.94. The van der Waals surface area contributed by atoms with E-state index < -0.39 is 0 Å². The fraction of sp³-hybridized carbons (Fsp3) is 1.00. The molecule has 0 radical (unpaired) electrons. The molecule has 18 heavy (non-hydrogen) atoms.